The molecule has 0 aliphatic carbocycles. The SMILES string of the molecule is COc1ccccc1[C@H](C)NCC(=O)Nc1ccc(F)c(F)c1F. The van der Waals surface area contributed by atoms with Crippen molar-refractivity contribution in [2.45, 2.75) is 13.0 Å². The molecule has 0 saturated heterocycles. The maximum Gasteiger partial charge on any atom is 0.238 e. The number of benzene rings is 2. The molecule has 0 unspecified atom stereocenters. The van der Waals surface area contributed by atoms with E-state index < -0.39 is 29.0 Å². The summed E-state index contributed by atoms with van der Waals surface area (Å²) in [5, 5.41) is 5.16. The van der Waals surface area contributed by atoms with Crippen LogP contribution >= 0.6 is 0 Å². The van der Waals surface area contributed by atoms with Gasteiger partial charge in [0.25, 0.3) is 0 Å². The van der Waals surface area contributed by atoms with Crippen LogP contribution in [-0.2, 0) is 4.79 Å². The number of hydrogen-bond acceptors (Lipinski definition) is 3. The lowest BCUT2D eigenvalue weighted by Crippen LogP contribution is -2.30. The molecule has 2 N–H and O–H groups in total. The molecule has 0 aliphatic heterocycles. The molecule has 0 aliphatic rings. The van der Waals surface area contributed by atoms with Gasteiger partial charge in [0.15, 0.2) is 17.5 Å². The maximum atomic E-state index is 13.5. The largest absolute Gasteiger partial charge is 0.496 e. The molecule has 7 heteroatoms. The van der Waals surface area contributed by atoms with Crippen LogP contribution in [0.5, 0.6) is 5.75 Å². The first-order valence-corrected chi connectivity index (χ1v) is 7.23. The standard InChI is InChI=1S/C17H17F3N2O2/c1-10(11-5-3-4-6-14(11)24-2)21-9-15(23)22-13-8-7-12(18)16(19)17(13)20/h3-8,10,21H,9H2,1-2H3,(H,22,23)/t10-/m0/s1. The van der Waals surface area contributed by atoms with Gasteiger partial charge in [0.2, 0.25) is 5.91 Å². The summed E-state index contributed by atoms with van der Waals surface area (Å²) >= 11 is 0. The van der Waals surface area contributed by atoms with E-state index in [0.29, 0.717) is 5.75 Å². The zero-order valence-corrected chi connectivity index (χ0v) is 13.2. The summed E-state index contributed by atoms with van der Waals surface area (Å²) < 4.78 is 44.7. The molecule has 2 aromatic rings. The summed E-state index contributed by atoms with van der Waals surface area (Å²) in [6.07, 6.45) is 0. The van der Waals surface area contributed by atoms with Crippen molar-refractivity contribution in [2.24, 2.45) is 0 Å². The molecule has 0 heterocycles. The van der Waals surface area contributed by atoms with Gasteiger partial charge in [-0.2, -0.15) is 0 Å². The Morgan fingerprint density at radius 1 is 1.12 bits per heavy atom. The van der Waals surface area contributed by atoms with E-state index in [1.807, 2.05) is 25.1 Å². The Labute approximate surface area is 137 Å². The number of nitrogens with one attached hydrogen (secondary N) is 2. The molecule has 1 atom stereocenters. The lowest BCUT2D eigenvalue weighted by Gasteiger charge is -2.17. The summed E-state index contributed by atoms with van der Waals surface area (Å²) in [5.74, 6) is -4.27. The first-order valence-electron chi connectivity index (χ1n) is 7.23. The van der Waals surface area contributed by atoms with Gasteiger partial charge in [0, 0.05) is 11.6 Å². The fourth-order valence-electron chi connectivity index (χ4n) is 2.20. The zero-order chi connectivity index (χ0) is 17.7. The van der Waals surface area contributed by atoms with Crippen LogP contribution in [0.25, 0.3) is 0 Å². The molecular formula is C17H17F3N2O2. The van der Waals surface area contributed by atoms with Crippen molar-refractivity contribution in [3.63, 3.8) is 0 Å². The minimum Gasteiger partial charge on any atom is -0.496 e. The fraction of sp³-hybridized carbons (Fsp3) is 0.235. The molecule has 24 heavy (non-hydrogen) atoms. The number of methoxy groups -OCH3 is 1. The van der Waals surface area contributed by atoms with Gasteiger partial charge in [-0.15, -0.1) is 0 Å². The molecule has 0 fully saturated rings. The van der Waals surface area contributed by atoms with Gasteiger partial charge in [-0.3, -0.25) is 4.79 Å². The van der Waals surface area contributed by atoms with Crippen LogP contribution in [0.15, 0.2) is 36.4 Å². The van der Waals surface area contributed by atoms with Gasteiger partial charge in [-0.25, -0.2) is 13.2 Å². The number of hydrogen-bond donors (Lipinski definition) is 2. The zero-order valence-electron chi connectivity index (χ0n) is 13.2. The Morgan fingerprint density at radius 2 is 1.83 bits per heavy atom. The molecule has 0 radical (unpaired) electrons. The van der Waals surface area contributed by atoms with E-state index >= 15 is 0 Å². The van der Waals surface area contributed by atoms with Crippen molar-refractivity contribution in [3.8, 4) is 5.75 Å². The number of halogens is 3. The second-order valence-electron chi connectivity index (χ2n) is 5.12. The van der Waals surface area contributed by atoms with Crippen molar-refractivity contribution in [1.29, 1.82) is 0 Å². The monoisotopic (exact) mass is 338 g/mol. The van der Waals surface area contributed by atoms with E-state index in [0.717, 1.165) is 17.7 Å². The van der Waals surface area contributed by atoms with Crippen molar-refractivity contribution in [1.82, 2.24) is 5.32 Å². The van der Waals surface area contributed by atoms with Crippen LogP contribution in [-0.4, -0.2) is 19.6 Å². The van der Waals surface area contributed by atoms with Crippen LogP contribution in [0, 0.1) is 17.5 Å². The average Bonchev–Trinajstić information content (AvgIpc) is 2.60. The molecule has 0 spiro atoms. The highest BCUT2D eigenvalue weighted by Gasteiger charge is 2.16. The Hall–Kier alpha value is -2.54. The predicted octanol–water partition coefficient (Wildman–Crippen LogP) is 3.40. The van der Waals surface area contributed by atoms with Crippen molar-refractivity contribution < 1.29 is 22.7 Å². The molecule has 128 valence electrons. The number of para-hydroxylation sites is 1. The van der Waals surface area contributed by atoms with Crippen molar-refractivity contribution in [2.75, 3.05) is 19.0 Å². The van der Waals surface area contributed by atoms with Gasteiger partial charge in [-0.1, -0.05) is 18.2 Å². The van der Waals surface area contributed by atoms with E-state index in [2.05, 4.69) is 10.6 Å². The Bertz CT molecular complexity index is 738. The normalized spacial score (nSPS) is 11.9. The molecule has 4 nitrogen and oxygen atoms in total. The first kappa shape index (κ1) is 17.8. The van der Waals surface area contributed by atoms with Crippen LogP contribution < -0.4 is 15.4 Å². The van der Waals surface area contributed by atoms with Crippen molar-refractivity contribution in [3.05, 3.63) is 59.4 Å². The van der Waals surface area contributed by atoms with Gasteiger partial charge in [-0.05, 0) is 25.1 Å². The third kappa shape index (κ3) is 4.05. The summed E-state index contributed by atoms with van der Waals surface area (Å²) in [6, 6.07) is 8.82. The number of carbonyl (C=O) groups is 1. The highest BCUT2D eigenvalue weighted by atomic mass is 19.2. The van der Waals surface area contributed by atoms with Crippen LogP contribution in [0.2, 0.25) is 0 Å². The average molecular weight is 338 g/mol. The second kappa shape index (κ2) is 7.83. The summed E-state index contributed by atoms with van der Waals surface area (Å²) in [4.78, 5) is 11.9. The Balaban J connectivity index is 1.97. The number of carbonyl (C=O) groups excluding carboxylic acids is 1. The maximum absolute atomic E-state index is 13.5. The van der Waals surface area contributed by atoms with Gasteiger partial charge in [0.1, 0.15) is 5.75 Å². The van der Waals surface area contributed by atoms with E-state index in [1.54, 1.807) is 13.2 Å². The van der Waals surface area contributed by atoms with Crippen LogP contribution in [0.3, 0.4) is 0 Å². The predicted molar refractivity (Wildman–Crippen MR) is 84.4 cm³/mol. The number of amides is 1. The van der Waals surface area contributed by atoms with E-state index in [9.17, 15) is 18.0 Å². The molecular weight excluding hydrogens is 321 g/mol. The number of ether oxygens (including phenoxy) is 1. The molecule has 2 aromatic carbocycles. The molecule has 0 bridgehead atoms. The van der Waals surface area contributed by atoms with Crippen LogP contribution in [0.1, 0.15) is 18.5 Å². The molecule has 2 rings (SSSR count). The van der Waals surface area contributed by atoms with Gasteiger partial charge < -0.3 is 15.4 Å². The third-order valence-corrected chi connectivity index (χ3v) is 3.48. The topological polar surface area (TPSA) is 50.4 Å². The minimum absolute atomic E-state index is 0.141. The summed E-state index contributed by atoms with van der Waals surface area (Å²) in [7, 11) is 1.55. The van der Waals surface area contributed by atoms with Gasteiger partial charge in [0.05, 0.1) is 19.3 Å². The first-order chi connectivity index (χ1) is 11.4. The van der Waals surface area contributed by atoms with E-state index in [-0.39, 0.29) is 12.6 Å². The highest BCUT2D eigenvalue weighted by Crippen LogP contribution is 2.24. The molecule has 0 aromatic heterocycles. The number of rotatable bonds is 6. The third-order valence-electron chi connectivity index (χ3n) is 3.48. The molecule has 0 saturated carbocycles. The Morgan fingerprint density at radius 3 is 2.54 bits per heavy atom. The fourth-order valence-corrected chi connectivity index (χ4v) is 2.20. The minimum atomic E-state index is -1.62. The lowest BCUT2D eigenvalue weighted by atomic mass is 10.1. The molecule has 1 amide bonds. The highest BCUT2D eigenvalue weighted by molar-refractivity contribution is 5.92. The Kier molecular flexibility index (Phi) is 5.81. The van der Waals surface area contributed by atoms with E-state index in [1.165, 1.54) is 0 Å². The number of anilines is 1. The summed E-state index contributed by atoms with van der Waals surface area (Å²) in [6.45, 7) is 1.70. The van der Waals surface area contributed by atoms with Crippen LogP contribution in [0.4, 0.5) is 18.9 Å². The van der Waals surface area contributed by atoms with Gasteiger partial charge >= 0.3 is 0 Å². The van der Waals surface area contributed by atoms with E-state index in [4.69, 9.17) is 4.74 Å². The summed E-state index contributed by atoms with van der Waals surface area (Å²) in [5.41, 5.74) is 0.442. The smallest absolute Gasteiger partial charge is 0.238 e. The lowest BCUT2D eigenvalue weighted by molar-refractivity contribution is -0.115. The second-order valence-corrected chi connectivity index (χ2v) is 5.12. The quantitative estimate of drug-likeness (QED) is 0.794. The van der Waals surface area contributed by atoms with Crippen molar-refractivity contribution >= 4 is 11.6 Å².